The van der Waals surface area contributed by atoms with Gasteiger partial charge >= 0.3 is 23.9 Å². The molecule has 42 heavy (non-hydrogen) atoms. The van der Waals surface area contributed by atoms with Crippen LogP contribution in [0.25, 0.3) is 0 Å². The largest absolute Gasteiger partial charge is 0.462 e. The normalized spacial score (nSPS) is 32.6. The SMILES string of the molecule is CC(=O)O[C@H]1[C@H]2C[C@]3(OC2(C)C)C(C)CC[C@H](OC(C)=O)[C@@]3(COC(=O)c2ccccc2)[C@@H]1OC(=O)c1cccnc1. The number of hydrogen-bond acceptors (Lipinski definition) is 10. The van der Waals surface area contributed by atoms with Crippen LogP contribution in [-0.4, -0.2) is 65.0 Å². The van der Waals surface area contributed by atoms with Crippen molar-refractivity contribution < 1.29 is 42.9 Å². The number of aromatic nitrogens is 1. The van der Waals surface area contributed by atoms with E-state index >= 15 is 0 Å². The summed E-state index contributed by atoms with van der Waals surface area (Å²) in [7, 11) is 0. The van der Waals surface area contributed by atoms with Crippen molar-refractivity contribution in [3.8, 4) is 0 Å². The highest BCUT2D eigenvalue weighted by Gasteiger charge is 2.79. The molecule has 5 rings (SSSR count). The third-order valence-electron chi connectivity index (χ3n) is 9.28. The zero-order valence-corrected chi connectivity index (χ0v) is 24.5. The van der Waals surface area contributed by atoms with Gasteiger partial charge in [-0.1, -0.05) is 25.1 Å². The van der Waals surface area contributed by atoms with Crippen molar-refractivity contribution in [1.29, 1.82) is 0 Å². The van der Waals surface area contributed by atoms with E-state index in [1.165, 1.54) is 26.2 Å². The Morgan fingerprint density at radius 3 is 2.24 bits per heavy atom. The Morgan fingerprint density at radius 2 is 1.60 bits per heavy atom. The van der Waals surface area contributed by atoms with Crippen molar-refractivity contribution in [2.45, 2.75) is 83.4 Å². The molecule has 1 aromatic carbocycles. The van der Waals surface area contributed by atoms with Gasteiger partial charge in [0.15, 0.2) is 6.10 Å². The molecule has 0 N–H and O–H groups in total. The van der Waals surface area contributed by atoms with Gasteiger partial charge in [0.1, 0.15) is 24.2 Å². The summed E-state index contributed by atoms with van der Waals surface area (Å²) in [6.07, 6.45) is 1.33. The summed E-state index contributed by atoms with van der Waals surface area (Å²) in [6.45, 7) is 8.16. The molecule has 3 aliphatic rings. The third kappa shape index (κ3) is 4.95. The van der Waals surface area contributed by atoms with Crippen molar-refractivity contribution in [3.05, 3.63) is 66.0 Å². The van der Waals surface area contributed by atoms with Gasteiger partial charge in [0.2, 0.25) is 0 Å². The average Bonchev–Trinajstić information content (AvgIpc) is 3.22. The standard InChI is InChI=1S/C32H37NO9/c1-19-13-14-25(39-20(2)34)31(18-38-28(36)22-10-7-6-8-11-22)27(41-29(37)23-12-9-15-33-17-23)26(40-21(3)35)24-16-32(19,31)42-30(24,4)5/h6-12,15,17,19,24-27H,13-14,16,18H2,1-5H3/t19?,24-,25+,26+,27-,31+,32+/m1/s1. The molecular weight excluding hydrogens is 542 g/mol. The van der Waals surface area contributed by atoms with Crippen molar-refractivity contribution in [2.75, 3.05) is 6.61 Å². The van der Waals surface area contributed by atoms with E-state index < -0.39 is 58.8 Å². The van der Waals surface area contributed by atoms with Crippen LogP contribution in [0.1, 0.15) is 74.6 Å². The molecule has 2 aromatic rings. The average molecular weight is 580 g/mol. The highest BCUT2D eigenvalue weighted by atomic mass is 16.6. The first-order chi connectivity index (χ1) is 19.9. The summed E-state index contributed by atoms with van der Waals surface area (Å²) in [5.41, 5.74) is -2.76. The number of ether oxygens (including phenoxy) is 5. The third-order valence-corrected chi connectivity index (χ3v) is 9.28. The topological polar surface area (TPSA) is 127 Å². The van der Waals surface area contributed by atoms with E-state index in [1.54, 1.807) is 42.5 Å². The first-order valence-corrected chi connectivity index (χ1v) is 14.3. The zero-order chi connectivity index (χ0) is 30.3. The van der Waals surface area contributed by atoms with Crippen LogP contribution in [0.3, 0.4) is 0 Å². The van der Waals surface area contributed by atoms with E-state index in [4.69, 9.17) is 23.7 Å². The summed E-state index contributed by atoms with van der Waals surface area (Å²) in [6, 6.07) is 11.7. The quantitative estimate of drug-likeness (QED) is 0.346. The van der Waals surface area contributed by atoms with Crippen LogP contribution in [0.2, 0.25) is 0 Å². The molecule has 2 heterocycles. The molecule has 1 saturated heterocycles. The lowest BCUT2D eigenvalue weighted by atomic mass is 9.49. The fourth-order valence-electron chi connectivity index (χ4n) is 7.49. The number of carbonyl (C=O) groups is 4. The fraction of sp³-hybridized carbons (Fsp3) is 0.531. The van der Waals surface area contributed by atoms with Crippen molar-refractivity contribution >= 4 is 23.9 Å². The van der Waals surface area contributed by atoms with Crippen molar-refractivity contribution in [1.82, 2.24) is 4.98 Å². The molecular formula is C32H37NO9. The van der Waals surface area contributed by atoms with Crippen molar-refractivity contribution in [3.63, 3.8) is 0 Å². The Bertz CT molecular complexity index is 1350. The second-order valence-corrected chi connectivity index (χ2v) is 12.1. The summed E-state index contributed by atoms with van der Waals surface area (Å²) in [5.74, 6) is -2.89. The van der Waals surface area contributed by atoms with Crippen LogP contribution >= 0.6 is 0 Å². The Morgan fingerprint density at radius 1 is 0.905 bits per heavy atom. The smallest absolute Gasteiger partial charge is 0.340 e. The van der Waals surface area contributed by atoms with E-state index in [0.29, 0.717) is 24.8 Å². The van der Waals surface area contributed by atoms with Crippen LogP contribution in [-0.2, 0) is 33.3 Å². The van der Waals surface area contributed by atoms with E-state index in [0.717, 1.165) is 0 Å². The molecule has 0 radical (unpaired) electrons. The van der Waals surface area contributed by atoms with Crippen LogP contribution in [0.4, 0.5) is 0 Å². The van der Waals surface area contributed by atoms with Gasteiger partial charge in [-0.05, 0) is 63.3 Å². The van der Waals surface area contributed by atoms with Gasteiger partial charge in [0.25, 0.3) is 0 Å². The lowest BCUT2D eigenvalue weighted by Gasteiger charge is -2.61. The predicted octanol–water partition coefficient (Wildman–Crippen LogP) is 4.31. The Labute approximate surface area is 245 Å². The minimum atomic E-state index is -1.41. The molecule has 1 unspecified atom stereocenters. The second-order valence-electron chi connectivity index (χ2n) is 12.1. The number of hydrogen-bond donors (Lipinski definition) is 0. The van der Waals surface area contributed by atoms with Crippen LogP contribution in [0, 0.1) is 17.3 Å². The molecule has 0 amide bonds. The molecule has 2 aliphatic carbocycles. The molecule has 1 spiro atoms. The van der Waals surface area contributed by atoms with E-state index in [1.807, 2.05) is 20.8 Å². The number of carbonyl (C=O) groups excluding carboxylic acids is 4. The van der Waals surface area contributed by atoms with E-state index in [2.05, 4.69) is 4.98 Å². The maximum absolute atomic E-state index is 13.7. The number of benzene rings is 1. The van der Waals surface area contributed by atoms with Gasteiger partial charge < -0.3 is 23.7 Å². The van der Waals surface area contributed by atoms with E-state index in [-0.39, 0.29) is 24.0 Å². The summed E-state index contributed by atoms with van der Waals surface area (Å²) >= 11 is 0. The Balaban J connectivity index is 1.70. The van der Waals surface area contributed by atoms with Gasteiger partial charge in [-0.3, -0.25) is 14.6 Å². The van der Waals surface area contributed by atoms with Crippen LogP contribution in [0.15, 0.2) is 54.9 Å². The minimum Gasteiger partial charge on any atom is -0.462 e. The number of fused-ring (bicyclic) bond motifs is 1. The number of esters is 4. The maximum Gasteiger partial charge on any atom is 0.340 e. The monoisotopic (exact) mass is 579 g/mol. The first-order valence-electron chi connectivity index (χ1n) is 14.3. The lowest BCUT2D eigenvalue weighted by Crippen LogP contribution is -2.74. The Hall–Kier alpha value is -3.79. The van der Waals surface area contributed by atoms with Gasteiger partial charge in [0.05, 0.1) is 22.3 Å². The maximum atomic E-state index is 13.7. The molecule has 7 atom stereocenters. The minimum absolute atomic E-state index is 0.109. The molecule has 2 saturated carbocycles. The van der Waals surface area contributed by atoms with Crippen LogP contribution in [0.5, 0.6) is 0 Å². The lowest BCUT2D eigenvalue weighted by molar-refractivity contribution is -0.286. The van der Waals surface area contributed by atoms with Gasteiger partial charge in [0, 0.05) is 32.2 Å². The summed E-state index contributed by atoms with van der Waals surface area (Å²) in [5, 5.41) is 0. The number of nitrogens with zero attached hydrogens (tertiary/aromatic N) is 1. The first kappa shape index (κ1) is 29.7. The molecule has 1 aromatic heterocycles. The molecule has 1 aliphatic heterocycles. The molecule has 10 nitrogen and oxygen atoms in total. The molecule has 10 heteroatoms. The van der Waals surface area contributed by atoms with Crippen LogP contribution < -0.4 is 0 Å². The Kier molecular flexibility index (Phi) is 7.87. The fourth-order valence-corrected chi connectivity index (χ4v) is 7.49. The molecule has 2 bridgehead atoms. The zero-order valence-electron chi connectivity index (χ0n) is 24.5. The van der Waals surface area contributed by atoms with Crippen molar-refractivity contribution in [2.24, 2.45) is 17.3 Å². The highest BCUT2D eigenvalue weighted by molar-refractivity contribution is 5.90. The second kappa shape index (κ2) is 11.1. The van der Waals surface area contributed by atoms with Gasteiger partial charge in [-0.2, -0.15) is 0 Å². The molecule has 3 fully saturated rings. The summed E-state index contributed by atoms with van der Waals surface area (Å²) < 4.78 is 31.3. The highest BCUT2D eigenvalue weighted by Crippen LogP contribution is 2.67. The number of pyridine rings is 1. The van der Waals surface area contributed by atoms with Gasteiger partial charge in [-0.15, -0.1) is 0 Å². The number of rotatable bonds is 7. The molecule has 224 valence electrons. The van der Waals surface area contributed by atoms with Gasteiger partial charge in [-0.25, -0.2) is 9.59 Å². The predicted molar refractivity (Wildman–Crippen MR) is 148 cm³/mol. The van der Waals surface area contributed by atoms with E-state index in [9.17, 15) is 19.2 Å². The summed E-state index contributed by atoms with van der Waals surface area (Å²) in [4.78, 5) is 56.1.